The normalized spacial score (nSPS) is 19.9. The van der Waals surface area contributed by atoms with Crippen molar-refractivity contribution in [3.63, 3.8) is 0 Å². The highest BCUT2D eigenvalue weighted by atomic mass is 35.5. The van der Waals surface area contributed by atoms with Crippen LogP contribution in [0.1, 0.15) is 36.8 Å². The van der Waals surface area contributed by atoms with Gasteiger partial charge in [-0.3, -0.25) is 9.78 Å². The summed E-state index contributed by atoms with van der Waals surface area (Å²) in [7, 11) is -3.63. The summed E-state index contributed by atoms with van der Waals surface area (Å²) in [5.74, 6) is -0.0817. The van der Waals surface area contributed by atoms with E-state index in [0.29, 0.717) is 37.3 Å². The summed E-state index contributed by atoms with van der Waals surface area (Å²) < 4.78 is 27.9. The maximum Gasteiger partial charge on any atom is 0.240 e. The lowest BCUT2D eigenvalue weighted by Crippen LogP contribution is -2.40. The van der Waals surface area contributed by atoms with Crippen LogP contribution in [0.2, 0.25) is 5.02 Å². The second kappa shape index (κ2) is 9.03. The topological polar surface area (TPSA) is 88.2 Å². The van der Waals surface area contributed by atoms with Gasteiger partial charge in [0.15, 0.2) is 0 Å². The molecule has 6 nitrogen and oxygen atoms in total. The number of pyridine rings is 1. The molecule has 0 bridgehead atoms. The van der Waals surface area contributed by atoms with Crippen molar-refractivity contribution in [1.82, 2.24) is 15.0 Å². The Bertz CT molecular complexity index is 927. The smallest absolute Gasteiger partial charge is 0.240 e. The minimum Gasteiger partial charge on any atom is -0.352 e. The molecule has 150 valence electrons. The van der Waals surface area contributed by atoms with Crippen LogP contribution in [0, 0.1) is 12.8 Å². The fourth-order valence-corrected chi connectivity index (χ4v) is 4.91. The van der Waals surface area contributed by atoms with Gasteiger partial charge in [-0.15, -0.1) is 0 Å². The van der Waals surface area contributed by atoms with Gasteiger partial charge in [0.2, 0.25) is 15.9 Å². The van der Waals surface area contributed by atoms with Gasteiger partial charge in [0.1, 0.15) is 0 Å². The van der Waals surface area contributed by atoms with Gasteiger partial charge in [-0.05, 0) is 61.9 Å². The van der Waals surface area contributed by atoms with Crippen molar-refractivity contribution >= 4 is 27.5 Å². The van der Waals surface area contributed by atoms with Crippen molar-refractivity contribution in [2.75, 3.05) is 0 Å². The fraction of sp³-hybridized carbons (Fsp3) is 0.400. The molecule has 1 amide bonds. The van der Waals surface area contributed by atoms with Crippen LogP contribution in [0.4, 0.5) is 0 Å². The molecule has 0 atom stereocenters. The molecule has 1 aromatic carbocycles. The zero-order valence-corrected chi connectivity index (χ0v) is 17.3. The maximum absolute atomic E-state index is 12.6. The van der Waals surface area contributed by atoms with Crippen molar-refractivity contribution in [2.24, 2.45) is 5.92 Å². The molecule has 0 saturated heterocycles. The van der Waals surface area contributed by atoms with Crippen molar-refractivity contribution in [1.29, 1.82) is 0 Å². The van der Waals surface area contributed by atoms with Crippen LogP contribution >= 0.6 is 11.6 Å². The minimum absolute atomic E-state index is 0.00970. The van der Waals surface area contributed by atoms with Crippen LogP contribution in [-0.2, 0) is 21.4 Å². The Morgan fingerprint density at radius 1 is 1.21 bits per heavy atom. The second-order valence-corrected chi connectivity index (χ2v) is 9.28. The highest BCUT2D eigenvalue weighted by molar-refractivity contribution is 7.89. The lowest BCUT2D eigenvalue weighted by atomic mass is 9.86. The minimum atomic E-state index is -3.63. The molecule has 2 N–H and O–H groups in total. The number of amides is 1. The van der Waals surface area contributed by atoms with E-state index >= 15 is 0 Å². The van der Waals surface area contributed by atoms with E-state index < -0.39 is 10.0 Å². The predicted octanol–water partition coefficient (Wildman–Crippen LogP) is 3.20. The Morgan fingerprint density at radius 2 is 1.96 bits per heavy atom. The molecule has 1 aromatic heterocycles. The van der Waals surface area contributed by atoms with Gasteiger partial charge in [-0.1, -0.05) is 23.7 Å². The SMILES string of the molecule is Cc1ccc(S(=O)(=O)N[C@H]2CC[C@H](C(=O)NCc3cccnc3)CC2)cc1Cl. The monoisotopic (exact) mass is 421 g/mol. The summed E-state index contributed by atoms with van der Waals surface area (Å²) in [5, 5.41) is 3.36. The fourth-order valence-electron chi connectivity index (χ4n) is 3.34. The summed E-state index contributed by atoms with van der Waals surface area (Å²) in [4.78, 5) is 16.6. The van der Waals surface area contributed by atoms with Gasteiger partial charge in [0.25, 0.3) is 0 Å². The number of halogens is 1. The first kappa shape index (κ1) is 20.8. The van der Waals surface area contributed by atoms with Crippen molar-refractivity contribution < 1.29 is 13.2 Å². The van der Waals surface area contributed by atoms with Gasteiger partial charge in [-0.2, -0.15) is 0 Å². The molecule has 1 heterocycles. The Labute approximate surface area is 170 Å². The number of hydrogen-bond donors (Lipinski definition) is 2. The summed E-state index contributed by atoms with van der Waals surface area (Å²) in [6.45, 7) is 2.28. The molecular weight excluding hydrogens is 398 g/mol. The van der Waals surface area contributed by atoms with E-state index in [9.17, 15) is 13.2 Å². The number of nitrogens with one attached hydrogen (secondary N) is 2. The number of sulfonamides is 1. The van der Waals surface area contributed by atoms with Crippen LogP contribution in [0.15, 0.2) is 47.6 Å². The van der Waals surface area contributed by atoms with Gasteiger partial charge in [-0.25, -0.2) is 13.1 Å². The van der Waals surface area contributed by atoms with Gasteiger partial charge < -0.3 is 5.32 Å². The maximum atomic E-state index is 12.6. The largest absolute Gasteiger partial charge is 0.352 e. The lowest BCUT2D eigenvalue weighted by Gasteiger charge is -2.28. The third kappa shape index (κ3) is 5.31. The Balaban J connectivity index is 1.50. The second-order valence-electron chi connectivity index (χ2n) is 7.16. The summed E-state index contributed by atoms with van der Waals surface area (Å²) in [5.41, 5.74) is 1.78. The number of hydrogen-bond acceptors (Lipinski definition) is 4. The molecule has 28 heavy (non-hydrogen) atoms. The highest BCUT2D eigenvalue weighted by Gasteiger charge is 2.29. The first-order chi connectivity index (χ1) is 13.3. The van der Waals surface area contributed by atoms with E-state index in [2.05, 4.69) is 15.0 Å². The molecule has 1 fully saturated rings. The Morgan fingerprint density at radius 3 is 2.61 bits per heavy atom. The molecule has 0 unspecified atom stereocenters. The summed E-state index contributed by atoms with van der Waals surface area (Å²) >= 11 is 6.05. The van der Waals surface area contributed by atoms with E-state index in [1.807, 2.05) is 19.1 Å². The van der Waals surface area contributed by atoms with E-state index in [4.69, 9.17) is 11.6 Å². The van der Waals surface area contributed by atoms with Crippen molar-refractivity contribution in [3.05, 3.63) is 58.9 Å². The molecule has 3 rings (SSSR count). The third-order valence-corrected chi connectivity index (χ3v) is 6.99. The van der Waals surface area contributed by atoms with Gasteiger partial charge in [0, 0.05) is 35.9 Å². The molecular formula is C20H24ClN3O3S. The van der Waals surface area contributed by atoms with E-state index in [1.54, 1.807) is 24.5 Å². The molecule has 0 spiro atoms. The summed E-state index contributed by atoms with van der Waals surface area (Å²) in [6.07, 6.45) is 5.98. The molecule has 0 radical (unpaired) electrons. The van der Waals surface area contributed by atoms with Crippen LogP contribution in [0.3, 0.4) is 0 Å². The first-order valence-electron chi connectivity index (χ1n) is 9.30. The average molecular weight is 422 g/mol. The number of carbonyl (C=O) groups is 1. The highest BCUT2D eigenvalue weighted by Crippen LogP contribution is 2.26. The number of aryl methyl sites for hydroxylation is 1. The van der Waals surface area contributed by atoms with Crippen LogP contribution in [0.5, 0.6) is 0 Å². The predicted molar refractivity (Wildman–Crippen MR) is 108 cm³/mol. The Hall–Kier alpha value is -1.96. The van der Waals surface area contributed by atoms with Crippen molar-refractivity contribution in [2.45, 2.75) is 50.1 Å². The zero-order chi connectivity index (χ0) is 20.1. The third-order valence-electron chi connectivity index (χ3n) is 5.06. The van der Waals surface area contributed by atoms with Gasteiger partial charge >= 0.3 is 0 Å². The standard InChI is InChI=1S/C20H24ClN3O3S/c1-14-4-9-18(11-19(14)21)28(26,27)24-17-7-5-16(6-8-17)20(25)23-13-15-3-2-10-22-12-15/h2-4,9-12,16-17,24H,5-8,13H2,1H3,(H,23,25)/t16-,17-. The lowest BCUT2D eigenvalue weighted by molar-refractivity contribution is -0.126. The van der Waals surface area contributed by atoms with Crippen LogP contribution < -0.4 is 10.0 Å². The first-order valence-corrected chi connectivity index (χ1v) is 11.2. The van der Waals surface area contributed by atoms with Crippen molar-refractivity contribution in [3.8, 4) is 0 Å². The molecule has 1 aliphatic carbocycles. The molecule has 2 aromatic rings. The molecule has 0 aliphatic heterocycles. The molecule has 8 heteroatoms. The molecule has 1 aliphatic rings. The number of aromatic nitrogens is 1. The van der Waals surface area contributed by atoms with E-state index in [1.165, 1.54) is 6.07 Å². The quantitative estimate of drug-likeness (QED) is 0.749. The number of carbonyl (C=O) groups excluding carboxylic acids is 1. The average Bonchev–Trinajstić information content (AvgIpc) is 2.69. The number of benzene rings is 1. The van der Waals surface area contributed by atoms with Crippen LogP contribution in [-0.4, -0.2) is 25.4 Å². The van der Waals surface area contributed by atoms with Crippen LogP contribution in [0.25, 0.3) is 0 Å². The number of nitrogens with zero attached hydrogens (tertiary/aromatic N) is 1. The zero-order valence-electron chi connectivity index (χ0n) is 15.7. The van der Waals surface area contributed by atoms with E-state index in [-0.39, 0.29) is 22.8 Å². The number of rotatable bonds is 6. The summed E-state index contributed by atoms with van der Waals surface area (Å²) in [6, 6.07) is 8.29. The van der Waals surface area contributed by atoms with Gasteiger partial charge in [0.05, 0.1) is 4.90 Å². The Kier molecular flexibility index (Phi) is 6.69. The van der Waals surface area contributed by atoms with E-state index in [0.717, 1.165) is 11.1 Å². The molecule has 1 saturated carbocycles.